The molecule has 2 aromatic heterocycles. The number of nitro benzene ring substituents is 1. The summed E-state index contributed by atoms with van der Waals surface area (Å²) in [5, 5.41) is 22.1. The van der Waals surface area contributed by atoms with Gasteiger partial charge in [-0.2, -0.15) is 8.78 Å². The Morgan fingerprint density at radius 3 is 2.80 bits per heavy atom. The van der Waals surface area contributed by atoms with Gasteiger partial charge in [-0.15, -0.1) is 10.2 Å². The maximum Gasteiger partial charge on any atom is 0.387 e. The van der Waals surface area contributed by atoms with Crippen molar-refractivity contribution in [3.8, 4) is 5.75 Å². The highest BCUT2D eigenvalue weighted by Crippen LogP contribution is 2.32. The number of nitrogens with one attached hydrogen (secondary N) is 1. The van der Waals surface area contributed by atoms with Crippen molar-refractivity contribution in [2.75, 3.05) is 5.32 Å². The topological polar surface area (TPSA) is 94.6 Å². The molecule has 1 atom stereocenters. The molecule has 0 saturated heterocycles. The van der Waals surface area contributed by atoms with Gasteiger partial charge in [0.05, 0.1) is 11.0 Å². The van der Waals surface area contributed by atoms with E-state index in [2.05, 4.69) is 20.3 Å². The minimum Gasteiger partial charge on any atom is -0.427 e. The first kappa shape index (κ1) is 16.6. The Bertz CT molecular complexity index is 915. The fraction of sp³-hybridized carbons (Fsp3) is 0.200. The molecule has 0 saturated carbocycles. The van der Waals surface area contributed by atoms with Crippen LogP contribution >= 0.6 is 0 Å². The molecule has 0 aliphatic rings. The molecule has 0 aliphatic heterocycles. The lowest BCUT2D eigenvalue weighted by Crippen LogP contribution is -2.11. The monoisotopic (exact) mass is 349 g/mol. The molecule has 1 aromatic carbocycles. The number of nitro groups is 1. The van der Waals surface area contributed by atoms with E-state index in [9.17, 15) is 18.9 Å². The summed E-state index contributed by atoms with van der Waals surface area (Å²) in [7, 11) is 0. The maximum atomic E-state index is 12.5. The lowest BCUT2D eigenvalue weighted by atomic mass is 10.2. The predicted molar refractivity (Wildman–Crippen MR) is 84.8 cm³/mol. The number of anilines is 1. The average molecular weight is 349 g/mol. The second-order valence-corrected chi connectivity index (χ2v) is 5.17. The molecule has 3 aromatic rings. The Balaban J connectivity index is 1.88. The third-order valence-corrected chi connectivity index (χ3v) is 3.48. The van der Waals surface area contributed by atoms with Crippen LogP contribution in [0.4, 0.5) is 20.2 Å². The number of pyridine rings is 1. The van der Waals surface area contributed by atoms with Crippen LogP contribution < -0.4 is 10.1 Å². The zero-order chi connectivity index (χ0) is 18.0. The minimum absolute atomic E-state index is 0.335. The van der Waals surface area contributed by atoms with Crippen molar-refractivity contribution in [2.45, 2.75) is 19.6 Å². The quantitative estimate of drug-likeness (QED) is 0.541. The van der Waals surface area contributed by atoms with E-state index >= 15 is 0 Å². The lowest BCUT2D eigenvalue weighted by Gasteiger charge is -2.15. The summed E-state index contributed by atoms with van der Waals surface area (Å²) in [6.07, 6.45) is 1.80. The summed E-state index contributed by atoms with van der Waals surface area (Å²) in [6, 6.07) is 8.79. The summed E-state index contributed by atoms with van der Waals surface area (Å²) in [5.41, 5.74) is 0.504. The van der Waals surface area contributed by atoms with E-state index in [1.165, 1.54) is 6.07 Å². The molecule has 0 bridgehead atoms. The van der Waals surface area contributed by atoms with E-state index in [1.54, 1.807) is 23.6 Å². The van der Waals surface area contributed by atoms with E-state index in [4.69, 9.17) is 0 Å². The number of alkyl halides is 2. The maximum absolute atomic E-state index is 12.5. The van der Waals surface area contributed by atoms with Gasteiger partial charge in [0.2, 0.25) is 5.75 Å². The number of halogens is 2. The van der Waals surface area contributed by atoms with Crippen molar-refractivity contribution in [1.29, 1.82) is 0 Å². The number of rotatable bonds is 6. The molecule has 25 heavy (non-hydrogen) atoms. The normalized spacial score (nSPS) is 12.3. The van der Waals surface area contributed by atoms with E-state index < -0.39 is 23.0 Å². The van der Waals surface area contributed by atoms with Crippen molar-refractivity contribution in [3.05, 3.63) is 58.5 Å². The third-order valence-electron chi connectivity index (χ3n) is 3.48. The highest BCUT2D eigenvalue weighted by Gasteiger charge is 2.20. The number of ether oxygens (including phenoxy) is 1. The molecule has 10 heteroatoms. The second kappa shape index (κ2) is 6.67. The standard InChI is InChI=1S/C15H13F2N5O3/c1-9(14-20-19-13-4-2-3-7-21(13)14)18-10-5-6-11(22(23)24)12(8-10)25-15(16)17/h2-9,15,18H,1H3/t9-/m1/s1. The highest BCUT2D eigenvalue weighted by molar-refractivity contribution is 5.58. The first-order valence-corrected chi connectivity index (χ1v) is 7.25. The van der Waals surface area contributed by atoms with Crippen LogP contribution in [0.15, 0.2) is 42.6 Å². The van der Waals surface area contributed by atoms with Crippen molar-refractivity contribution in [1.82, 2.24) is 14.6 Å². The molecule has 3 rings (SSSR count). The predicted octanol–water partition coefficient (Wildman–Crippen LogP) is 3.41. The van der Waals surface area contributed by atoms with Gasteiger partial charge in [-0.05, 0) is 25.1 Å². The van der Waals surface area contributed by atoms with Gasteiger partial charge >= 0.3 is 12.3 Å². The van der Waals surface area contributed by atoms with Gasteiger partial charge in [0.1, 0.15) is 0 Å². The Kier molecular flexibility index (Phi) is 4.42. The van der Waals surface area contributed by atoms with Crippen LogP contribution in [0.25, 0.3) is 5.65 Å². The fourth-order valence-corrected chi connectivity index (χ4v) is 2.41. The molecule has 2 heterocycles. The summed E-state index contributed by atoms with van der Waals surface area (Å²) in [6.45, 7) is -1.36. The van der Waals surface area contributed by atoms with Crippen molar-refractivity contribution in [2.24, 2.45) is 0 Å². The number of nitrogens with zero attached hydrogens (tertiary/aromatic N) is 4. The number of hydrogen-bond acceptors (Lipinski definition) is 6. The number of aromatic nitrogens is 3. The highest BCUT2D eigenvalue weighted by atomic mass is 19.3. The van der Waals surface area contributed by atoms with Crippen LogP contribution in [-0.2, 0) is 0 Å². The van der Waals surface area contributed by atoms with Crippen molar-refractivity contribution in [3.63, 3.8) is 0 Å². The van der Waals surface area contributed by atoms with E-state index in [0.29, 0.717) is 17.2 Å². The zero-order valence-electron chi connectivity index (χ0n) is 13.0. The summed E-state index contributed by atoms with van der Waals surface area (Å²) in [4.78, 5) is 10.1. The second-order valence-electron chi connectivity index (χ2n) is 5.17. The molecular weight excluding hydrogens is 336 g/mol. The Morgan fingerprint density at radius 1 is 1.28 bits per heavy atom. The first-order chi connectivity index (χ1) is 12.0. The van der Waals surface area contributed by atoms with E-state index in [1.807, 2.05) is 12.1 Å². The van der Waals surface area contributed by atoms with Gasteiger partial charge in [-0.25, -0.2) is 0 Å². The largest absolute Gasteiger partial charge is 0.427 e. The minimum atomic E-state index is -3.16. The van der Waals surface area contributed by atoms with Crippen LogP contribution in [0, 0.1) is 10.1 Å². The molecular formula is C15H13F2N5O3. The molecule has 0 aliphatic carbocycles. The Morgan fingerprint density at radius 2 is 2.08 bits per heavy atom. The van der Waals surface area contributed by atoms with Crippen LogP contribution in [0.1, 0.15) is 18.8 Å². The average Bonchev–Trinajstić information content (AvgIpc) is 2.98. The molecule has 0 spiro atoms. The summed E-state index contributed by atoms with van der Waals surface area (Å²) in [5.74, 6) is 0.0913. The number of hydrogen-bond donors (Lipinski definition) is 1. The molecule has 0 radical (unpaired) electrons. The summed E-state index contributed by atoms with van der Waals surface area (Å²) < 4.78 is 31.0. The van der Waals surface area contributed by atoms with Gasteiger partial charge in [-0.3, -0.25) is 14.5 Å². The van der Waals surface area contributed by atoms with Crippen molar-refractivity contribution >= 4 is 17.0 Å². The van der Waals surface area contributed by atoms with Gasteiger partial charge in [0, 0.05) is 24.0 Å². The summed E-state index contributed by atoms with van der Waals surface area (Å²) >= 11 is 0. The molecule has 130 valence electrons. The molecule has 0 amide bonds. The molecule has 0 fully saturated rings. The van der Waals surface area contributed by atoms with Crippen LogP contribution in [0.3, 0.4) is 0 Å². The van der Waals surface area contributed by atoms with Gasteiger partial charge in [0.15, 0.2) is 11.5 Å². The smallest absolute Gasteiger partial charge is 0.387 e. The first-order valence-electron chi connectivity index (χ1n) is 7.25. The Labute approximate surface area is 140 Å². The van der Waals surface area contributed by atoms with Gasteiger partial charge in [0.25, 0.3) is 0 Å². The SMILES string of the molecule is C[C@@H](Nc1ccc([N+](=O)[O-])c(OC(F)F)c1)c1nnc2ccccn12. The molecule has 0 unspecified atom stereocenters. The fourth-order valence-electron chi connectivity index (χ4n) is 2.41. The zero-order valence-corrected chi connectivity index (χ0v) is 13.0. The lowest BCUT2D eigenvalue weighted by molar-refractivity contribution is -0.386. The van der Waals surface area contributed by atoms with Crippen LogP contribution in [0.5, 0.6) is 5.75 Å². The molecule has 8 nitrogen and oxygen atoms in total. The van der Waals surface area contributed by atoms with E-state index in [-0.39, 0.29) is 6.04 Å². The van der Waals surface area contributed by atoms with Gasteiger partial charge < -0.3 is 10.1 Å². The van der Waals surface area contributed by atoms with E-state index in [0.717, 1.165) is 12.1 Å². The van der Waals surface area contributed by atoms with Gasteiger partial charge in [-0.1, -0.05) is 6.07 Å². The van der Waals surface area contributed by atoms with Crippen LogP contribution in [-0.4, -0.2) is 26.1 Å². The van der Waals surface area contributed by atoms with Crippen molar-refractivity contribution < 1.29 is 18.4 Å². The third kappa shape index (κ3) is 3.47. The van der Waals surface area contributed by atoms with Crippen LogP contribution in [0.2, 0.25) is 0 Å². The number of benzene rings is 1. The number of fused-ring (bicyclic) bond motifs is 1. The molecule has 1 N–H and O–H groups in total. The Hall–Kier alpha value is -3.30.